The van der Waals surface area contributed by atoms with Crippen LogP contribution in [0.25, 0.3) is 11.0 Å². The summed E-state index contributed by atoms with van der Waals surface area (Å²) in [5.74, 6) is -1.10. The second-order valence-corrected chi connectivity index (χ2v) is 12.0. The Balaban J connectivity index is 1.13. The molecule has 4 rings (SSSR count). The lowest BCUT2D eigenvalue weighted by Gasteiger charge is -2.21. The van der Waals surface area contributed by atoms with Crippen molar-refractivity contribution in [1.82, 2.24) is 14.5 Å². The maximum absolute atomic E-state index is 13.0. The molecular weight excluding hydrogens is 590 g/mol. The number of piperidine rings is 1. The first-order valence-corrected chi connectivity index (χ1v) is 16.0. The topological polar surface area (TPSA) is 170 Å². The van der Waals surface area contributed by atoms with Gasteiger partial charge in [-0.2, -0.15) is 0 Å². The average molecular weight is 638 g/mol. The summed E-state index contributed by atoms with van der Waals surface area (Å²) in [5.41, 5.74) is 15.8. The molecule has 12 heteroatoms. The molecule has 250 valence electrons. The van der Waals surface area contributed by atoms with Gasteiger partial charge in [0.15, 0.2) is 6.29 Å². The molecule has 0 saturated carbocycles. The number of benzene rings is 2. The molecular formula is C34H47N5O7. The molecule has 12 nitrogen and oxygen atoms in total. The van der Waals surface area contributed by atoms with Crippen LogP contribution in [0.15, 0.2) is 47.3 Å². The molecule has 2 aromatic carbocycles. The van der Waals surface area contributed by atoms with Crippen LogP contribution in [0.2, 0.25) is 0 Å². The van der Waals surface area contributed by atoms with Crippen LogP contribution in [-0.2, 0) is 55.1 Å². The van der Waals surface area contributed by atoms with Crippen molar-refractivity contribution >= 4 is 28.8 Å². The first-order chi connectivity index (χ1) is 22.0. The number of hydrogen-bond donors (Lipinski definition) is 3. The number of nitrogens with zero attached hydrogens (tertiary/aromatic N) is 2. The van der Waals surface area contributed by atoms with Gasteiger partial charge in [0, 0.05) is 25.9 Å². The Hall–Kier alpha value is -3.84. The molecule has 4 atom stereocenters. The highest BCUT2D eigenvalue weighted by Crippen LogP contribution is 2.24. The molecule has 2 unspecified atom stereocenters. The monoisotopic (exact) mass is 637 g/mol. The van der Waals surface area contributed by atoms with E-state index >= 15 is 0 Å². The van der Waals surface area contributed by atoms with Crippen LogP contribution in [0.1, 0.15) is 75.1 Å². The predicted molar refractivity (Wildman–Crippen MR) is 174 cm³/mol. The maximum Gasteiger partial charge on any atom is 0.329 e. The maximum atomic E-state index is 13.0. The average Bonchev–Trinajstić information content (AvgIpc) is 3.28. The minimum absolute atomic E-state index is 0.173. The Kier molecular flexibility index (Phi) is 12.7. The lowest BCUT2D eigenvalue weighted by Crippen LogP contribution is -2.44. The van der Waals surface area contributed by atoms with Crippen LogP contribution in [0.3, 0.4) is 0 Å². The number of carbonyl (C=O) groups excluding carboxylic acids is 3. The van der Waals surface area contributed by atoms with Crippen LogP contribution in [0.4, 0.5) is 0 Å². The van der Waals surface area contributed by atoms with Crippen molar-refractivity contribution in [3.05, 3.63) is 69.6 Å². The third-order valence-electron chi connectivity index (χ3n) is 8.46. The summed E-state index contributed by atoms with van der Waals surface area (Å²) >= 11 is 0. The Labute approximate surface area is 269 Å². The van der Waals surface area contributed by atoms with E-state index in [2.05, 4.69) is 29.6 Å². The Morgan fingerprint density at radius 3 is 2.22 bits per heavy atom. The molecule has 1 fully saturated rings. The summed E-state index contributed by atoms with van der Waals surface area (Å²) in [6, 6.07) is 13.2. The molecule has 1 aliphatic heterocycles. The number of aromatic nitrogens is 2. The minimum Gasteiger partial charge on any atom is -0.372 e. The zero-order valence-corrected chi connectivity index (χ0v) is 27.0. The van der Waals surface area contributed by atoms with Crippen molar-refractivity contribution in [2.45, 2.75) is 96.3 Å². The summed E-state index contributed by atoms with van der Waals surface area (Å²) < 4.78 is 20.6. The summed E-state index contributed by atoms with van der Waals surface area (Å²) in [6.45, 7) is 5.38. The fraction of sp³-hybridized carbons (Fsp3) is 0.529. The molecule has 0 bridgehead atoms. The van der Waals surface area contributed by atoms with Crippen LogP contribution in [0, 0.1) is 0 Å². The Morgan fingerprint density at radius 1 is 0.935 bits per heavy atom. The van der Waals surface area contributed by atoms with Crippen molar-refractivity contribution in [2.24, 2.45) is 18.5 Å². The van der Waals surface area contributed by atoms with E-state index < -0.39 is 11.9 Å². The molecule has 0 spiro atoms. The molecule has 1 aromatic heterocycles. The number of nitrogens with two attached hydrogens (primary N) is 2. The lowest BCUT2D eigenvalue weighted by molar-refractivity contribution is -0.135. The number of imidazole rings is 1. The van der Waals surface area contributed by atoms with Crippen molar-refractivity contribution in [2.75, 3.05) is 13.2 Å². The van der Waals surface area contributed by atoms with Gasteiger partial charge >= 0.3 is 5.69 Å². The number of fused-ring (bicyclic) bond motifs is 1. The zero-order chi connectivity index (χ0) is 33.2. The van der Waals surface area contributed by atoms with Crippen LogP contribution in [0.5, 0.6) is 0 Å². The number of hydrogen-bond acceptors (Lipinski definition) is 8. The van der Waals surface area contributed by atoms with Gasteiger partial charge in [0.25, 0.3) is 0 Å². The van der Waals surface area contributed by atoms with Crippen LogP contribution < -0.4 is 22.5 Å². The van der Waals surface area contributed by atoms with E-state index in [1.807, 2.05) is 32.0 Å². The first kappa shape index (κ1) is 35.0. The van der Waals surface area contributed by atoms with Crippen molar-refractivity contribution < 1.29 is 28.6 Å². The fourth-order valence-corrected chi connectivity index (χ4v) is 5.59. The van der Waals surface area contributed by atoms with Crippen LogP contribution in [-0.4, -0.2) is 58.5 Å². The summed E-state index contributed by atoms with van der Waals surface area (Å²) in [4.78, 5) is 47.9. The third kappa shape index (κ3) is 9.58. The number of imide groups is 1. The highest BCUT2D eigenvalue weighted by atomic mass is 16.7. The number of aryl methyl sites for hydroxylation is 3. The van der Waals surface area contributed by atoms with E-state index in [1.54, 1.807) is 11.6 Å². The largest absolute Gasteiger partial charge is 0.372 e. The summed E-state index contributed by atoms with van der Waals surface area (Å²) in [6.07, 6.45) is 4.11. The lowest BCUT2D eigenvalue weighted by atomic mass is 10.1. The molecule has 5 N–H and O–H groups in total. The number of rotatable bonds is 18. The molecule has 1 saturated heterocycles. The first-order valence-electron chi connectivity index (χ1n) is 16.0. The molecule has 2 heterocycles. The van der Waals surface area contributed by atoms with E-state index in [0.717, 1.165) is 42.3 Å². The zero-order valence-electron chi connectivity index (χ0n) is 27.0. The molecule has 1 aliphatic rings. The number of amides is 3. The fourth-order valence-electron chi connectivity index (χ4n) is 5.59. The van der Waals surface area contributed by atoms with Crippen molar-refractivity contribution in [3.8, 4) is 0 Å². The minimum atomic E-state index is -0.692. The van der Waals surface area contributed by atoms with Gasteiger partial charge in [-0.25, -0.2) is 4.79 Å². The number of primary amides is 1. The normalized spacial score (nSPS) is 17.2. The Bertz CT molecular complexity index is 1550. The number of carbonyl (C=O) groups is 3. The second kappa shape index (κ2) is 16.6. The van der Waals surface area contributed by atoms with E-state index in [-0.39, 0.29) is 48.8 Å². The highest BCUT2D eigenvalue weighted by molar-refractivity contribution is 6.00. The SMILES string of the molecule is CC(OCCCc1ccc(CO[C@H](C)[C@@H](N)CCC(N)=O)cc1)OCCCc1ccc2c(c1)n(C)c(=O)n2C1CCC(=O)NC1=O. The standard InChI is InChI=1S/C34H47N5O7/c1-22(27(35)13-16-31(36)40)46-21-26-10-8-24(9-11-26)6-4-18-44-23(2)45-19-5-7-25-12-14-28-30(20-25)38(3)34(43)39(28)29-15-17-32(41)37-33(29)42/h8-12,14,20,22-23,27,29H,4-7,13,15-19,21,35H2,1-3H3,(H2,36,40)(H,37,41,42)/t22-,23?,27+,29?/m1/s1. The van der Waals surface area contributed by atoms with Crippen molar-refractivity contribution in [1.29, 1.82) is 0 Å². The molecule has 0 radical (unpaired) electrons. The van der Waals surface area contributed by atoms with E-state index in [0.29, 0.717) is 38.2 Å². The van der Waals surface area contributed by atoms with Gasteiger partial charge in [0.2, 0.25) is 17.7 Å². The number of ether oxygens (including phenoxy) is 3. The highest BCUT2D eigenvalue weighted by Gasteiger charge is 2.31. The van der Waals surface area contributed by atoms with Crippen LogP contribution >= 0.6 is 0 Å². The van der Waals surface area contributed by atoms with Gasteiger partial charge in [-0.1, -0.05) is 30.3 Å². The smallest absolute Gasteiger partial charge is 0.329 e. The molecule has 3 amide bonds. The second-order valence-electron chi connectivity index (χ2n) is 12.0. The van der Waals surface area contributed by atoms with Gasteiger partial charge in [-0.15, -0.1) is 0 Å². The van der Waals surface area contributed by atoms with E-state index in [1.165, 1.54) is 10.1 Å². The molecule has 3 aromatic rings. The van der Waals surface area contributed by atoms with Crippen molar-refractivity contribution in [3.63, 3.8) is 0 Å². The van der Waals surface area contributed by atoms with Gasteiger partial charge in [0.1, 0.15) is 6.04 Å². The summed E-state index contributed by atoms with van der Waals surface area (Å²) in [7, 11) is 1.69. The Morgan fingerprint density at radius 2 is 1.57 bits per heavy atom. The van der Waals surface area contributed by atoms with Gasteiger partial charge in [-0.05, 0) is 81.2 Å². The van der Waals surface area contributed by atoms with E-state index in [9.17, 15) is 19.2 Å². The van der Waals surface area contributed by atoms with Gasteiger partial charge in [-0.3, -0.25) is 28.8 Å². The summed E-state index contributed by atoms with van der Waals surface area (Å²) in [5, 5.41) is 2.34. The van der Waals surface area contributed by atoms with E-state index in [4.69, 9.17) is 25.7 Å². The third-order valence-corrected chi connectivity index (χ3v) is 8.46. The van der Waals surface area contributed by atoms with Gasteiger partial charge in [0.05, 0.1) is 37.0 Å². The predicted octanol–water partition coefficient (Wildman–Crippen LogP) is 2.76. The van der Waals surface area contributed by atoms with Gasteiger partial charge < -0.3 is 25.7 Å². The quantitative estimate of drug-likeness (QED) is 0.109. The molecule has 0 aliphatic carbocycles. The number of nitrogens with one attached hydrogen (secondary N) is 1. The molecule has 46 heavy (non-hydrogen) atoms.